The van der Waals surface area contributed by atoms with Crippen LogP contribution < -0.4 is 4.74 Å². The van der Waals surface area contributed by atoms with E-state index in [1.54, 1.807) is 6.20 Å². The van der Waals surface area contributed by atoms with Gasteiger partial charge in [0, 0.05) is 11.6 Å². The highest BCUT2D eigenvalue weighted by molar-refractivity contribution is 5.84. The number of carbonyl (C=O) groups is 1. The second-order valence-electron chi connectivity index (χ2n) is 4.08. The molecule has 0 aliphatic carbocycles. The average Bonchev–Trinajstić information content (AvgIpc) is 2.38. The van der Waals surface area contributed by atoms with Crippen molar-refractivity contribution >= 4 is 16.9 Å². The van der Waals surface area contributed by atoms with Crippen molar-refractivity contribution in [2.24, 2.45) is 0 Å². The monoisotopic (exact) mass is 245 g/mol. The number of fused-ring (bicyclic) bond motifs is 1. The number of aromatic nitrogens is 1. The normalized spacial score (nSPS) is 12.3. The Kier molecular flexibility index (Phi) is 3.77. The standard InChI is InChI=1S/C14H15NO3/c1-2-11(9-13(16)17)18-12-7-3-5-10-6-4-8-15-14(10)12/h3-8,11H,2,9H2,1H3,(H,16,17). The van der Waals surface area contributed by atoms with E-state index in [9.17, 15) is 4.79 Å². The van der Waals surface area contributed by atoms with Crippen LogP contribution in [0.5, 0.6) is 5.75 Å². The minimum absolute atomic E-state index is 0.000277. The molecule has 0 aliphatic heterocycles. The van der Waals surface area contributed by atoms with Crippen LogP contribution in [0.3, 0.4) is 0 Å². The van der Waals surface area contributed by atoms with Crippen LogP contribution in [-0.2, 0) is 4.79 Å². The van der Waals surface area contributed by atoms with Crippen molar-refractivity contribution in [3.63, 3.8) is 0 Å². The maximum Gasteiger partial charge on any atom is 0.307 e. The summed E-state index contributed by atoms with van der Waals surface area (Å²) in [4.78, 5) is 15.0. The molecule has 2 rings (SSSR count). The molecule has 0 bridgehead atoms. The third kappa shape index (κ3) is 2.77. The van der Waals surface area contributed by atoms with Crippen molar-refractivity contribution in [1.29, 1.82) is 0 Å². The minimum atomic E-state index is -0.852. The number of para-hydroxylation sites is 1. The molecule has 94 valence electrons. The lowest BCUT2D eigenvalue weighted by molar-refractivity contribution is -0.138. The van der Waals surface area contributed by atoms with Crippen LogP contribution in [0.25, 0.3) is 10.9 Å². The number of nitrogens with zero attached hydrogens (tertiary/aromatic N) is 1. The molecule has 1 aromatic carbocycles. The van der Waals surface area contributed by atoms with Gasteiger partial charge in [0.05, 0.1) is 6.42 Å². The van der Waals surface area contributed by atoms with Crippen molar-refractivity contribution in [1.82, 2.24) is 4.98 Å². The van der Waals surface area contributed by atoms with Gasteiger partial charge >= 0.3 is 5.97 Å². The van der Waals surface area contributed by atoms with E-state index in [1.165, 1.54) is 0 Å². The van der Waals surface area contributed by atoms with Crippen LogP contribution in [0.1, 0.15) is 19.8 Å². The summed E-state index contributed by atoms with van der Waals surface area (Å²) in [5, 5.41) is 9.80. The van der Waals surface area contributed by atoms with Gasteiger partial charge in [0.25, 0.3) is 0 Å². The largest absolute Gasteiger partial charge is 0.488 e. The van der Waals surface area contributed by atoms with E-state index in [1.807, 2.05) is 37.3 Å². The molecule has 0 saturated heterocycles. The van der Waals surface area contributed by atoms with Gasteiger partial charge in [-0.15, -0.1) is 0 Å². The smallest absolute Gasteiger partial charge is 0.307 e. The quantitative estimate of drug-likeness (QED) is 0.879. The summed E-state index contributed by atoms with van der Waals surface area (Å²) in [5.74, 6) is -0.212. The summed E-state index contributed by atoms with van der Waals surface area (Å²) in [7, 11) is 0. The zero-order chi connectivity index (χ0) is 13.0. The molecule has 4 nitrogen and oxygen atoms in total. The van der Waals surface area contributed by atoms with Gasteiger partial charge in [-0.05, 0) is 18.6 Å². The molecular formula is C14H15NO3. The number of aliphatic carboxylic acids is 1. The molecule has 1 N–H and O–H groups in total. The van der Waals surface area contributed by atoms with Gasteiger partial charge in [0.15, 0.2) is 0 Å². The lowest BCUT2D eigenvalue weighted by Crippen LogP contribution is -2.19. The van der Waals surface area contributed by atoms with Crippen molar-refractivity contribution in [2.75, 3.05) is 0 Å². The number of benzene rings is 1. The van der Waals surface area contributed by atoms with Gasteiger partial charge in [-0.2, -0.15) is 0 Å². The first-order chi connectivity index (χ1) is 8.70. The van der Waals surface area contributed by atoms with Crippen LogP contribution >= 0.6 is 0 Å². The fraction of sp³-hybridized carbons (Fsp3) is 0.286. The maximum atomic E-state index is 10.7. The lowest BCUT2D eigenvalue weighted by atomic mass is 10.2. The van der Waals surface area contributed by atoms with Crippen LogP contribution in [0.4, 0.5) is 0 Å². The molecule has 0 spiro atoms. The predicted molar refractivity (Wildman–Crippen MR) is 68.7 cm³/mol. The number of rotatable bonds is 5. The summed E-state index contributed by atoms with van der Waals surface area (Å²) in [6.07, 6.45) is 2.03. The fourth-order valence-electron chi connectivity index (χ4n) is 1.81. The Labute approximate surface area is 105 Å². The zero-order valence-corrected chi connectivity index (χ0v) is 10.2. The number of carboxylic acids is 1. The van der Waals surface area contributed by atoms with E-state index in [0.717, 1.165) is 10.9 Å². The molecule has 0 saturated carbocycles. The molecule has 2 aromatic rings. The van der Waals surface area contributed by atoms with E-state index >= 15 is 0 Å². The molecule has 1 heterocycles. The van der Waals surface area contributed by atoms with E-state index in [0.29, 0.717) is 12.2 Å². The molecule has 18 heavy (non-hydrogen) atoms. The highest BCUT2D eigenvalue weighted by Crippen LogP contribution is 2.25. The lowest BCUT2D eigenvalue weighted by Gasteiger charge is -2.16. The third-order valence-electron chi connectivity index (χ3n) is 2.75. The highest BCUT2D eigenvalue weighted by atomic mass is 16.5. The Bertz CT molecular complexity index is 548. The Balaban J connectivity index is 2.27. The number of carboxylic acid groups (broad SMARTS) is 1. The molecule has 4 heteroatoms. The molecule has 1 unspecified atom stereocenters. The van der Waals surface area contributed by atoms with Crippen molar-refractivity contribution in [3.05, 3.63) is 36.5 Å². The Morgan fingerprint density at radius 3 is 2.89 bits per heavy atom. The second kappa shape index (κ2) is 5.49. The number of pyridine rings is 1. The van der Waals surface area contributed by atoms with Gasteiger partial charge < -0.3 is 9.84 Å². The van der Waals surface area contributed by atoms with Gasteiger partial charge in [-0.25, -0.2) is 0 Å². The zero-order valence-electron chi connectivity index (χ0n) is 10.2. The molecule has 0 amide bonds. The Morgan fingerprint density at radius 1 is 1.39 bits per heavy atom. The van der Waals surface area contributed by atoms with Crippen LogP contribution in [0, 0.1) is 0 Å². The van der Waals surface area contributed by atoms with Crippen molar-refractivity contribution < 1.29 is 14.6 Å². The van der Waals surface area contributed by atoms with Gasteiger partial charge in [0.2, 0.25) is 0 Å². The van der Waals surface area contributed by atoms with E-state index in [-0.39, 0.29) is 12.5 Å². The highest BCUT2D eigenvalue weighted by Gasteiger charge is 2.14. The Morgan fingerprint density at radius 2 is 2.17 bits per heavy atom. The topological polar surface area (TPSA) is 59.4 Å². The number of ether oxygens (including phenoxy) is 1. The van der Waals surface area contributed by atoms with Crippen molar-refractivity contribution in [2.45, 2.75) is 25.9 Å². The van der Waals surface area contributed by atoms with Crippen LogP contribution in [0.2, 0.25) is 0 Å². The molecular weight excluding hydrogens is 230 g/mol. The summed E-state index contributed by atoms with van der Waals surface area (Å²) in [6, 6.07) is 9.47. The van der Waals surface area contributed by atoms with Gasteiger partial charge in [-0.1, -0.05) is 25.1 Å². The summed E-state index contributed by atoms with van der Waals surface area (Å²) >= 11 is 0. The number of hydrogen-bond donors (Lipinski definition) is 1. The fourth-order valence-corrected chi connectivity index (χ4v) is 1.81. The summed E-state index contributed by atoms with van der Waals surface area (Å²) in [6.45, 7) is 1.91. The molecule has 0 radical (unpaired) electrons. The first-order valence-corrected chi connectivity index (χ1v) is 5.93. The van der Waals surface area contributed by atoms with Gasteiger partial charge in [0.1, 0.15) is 17.4 Å². The third-order valence-corrected chi connectivity index (χ3v) is 2.75. The number of hydrogen-bond acceptors (Lipinski definition) is 3. The van der Waals surface area contributed by atoms with E-state index in [4.69, 9.17) is 9.84 Å². The molecule has 0 aliphatic rings. The Hall–Kier alpha value is -2.10. The maximum absolute atomic E-state index is 10.7. The minimum Gasteiger partial charge on any atom is -0.488 e. The summed E-state index contributed by atoms with van der Waals surface area (Å²) < 4.78 is 5.74. The van der Waals surface area contributed by atoms with Crippen LogP contribution in [0.15, 0.2) is 36.5 Å². The van der Waals surface area contributed by atoms with Crippen molar-refractivity contribution in [3.8, 4) is 5.75 Å². The SMILES string of the molecule is CCC(CC(=O)O)Oc1cccc2cccnc12. The molecule has 0 fully saturated rings. The first kappa shape index (κ1) is 12.4. The van der Waals surface area contributed by atoms with E-state index in [2.05, 4.69) is 4.98 Å². The average molecular weight is 245 g/mol. The molecule has 1 aromatic heterocycles. The van der Waals surface area contributed by atoms with Crippen LogP contribution in [-0.4, -0.2) is 22.2 Å². The van der Waals surface area contributed by atoms with E-state index < -0.39 is 5.97 Å². The predicted octanol–water partition coefficient (Wildman–Crippen LogP) is 2.87. The first-order valence-electron chi connectivity index (χ1n) is 5.93. The summed E-state index contributed by atoms with van der Waals surface area (Å²) in [5.41, 5.74) is 0.767. The van der Waals surface area contributed by atoms with Gasteiger partial charge in [-0.3, -0.25) is 9.78 Å². The second-order valence-corrected chi connectivity index (χ2v) is 4.08. The molecule has 1 atom stereocenters.